The second-order valence-electron chi connectivity index (χ2n) is 11.6. The maximum absolute atomic E-state index is 2.60. The molecule has 0 atom stereocenters. The Morgan fingerprint density at radius 2 is 0.861 bits per heavy atom. The van der Waals surface area contributed by atoms with E-state index in [0.717, 1.165) is 0 Å². The molecule has 1 heterocycles. The average Bonchev–Trinajstić information content (AvgIpc) is 3.27. The van der Waals surface area contributed by atoms with Crippen LogP contribution in [0.5, 0.6) is 0 Å². The second-order valence-corrected chi connectivity index (χ2v) is 11.6. The van der Waals surface area contributed by atoms with Crippen molar-refractivity contribution in [3.8, 4) is 0 Å². The van der Waals surface area contributed by atoms with Gasteiger partial charge in [-0.1, -0.05) is 149 Å². The van der Waals surface area contributed by atoms with Crippen LogP contribution in [0, 0.1) is 0 Å². The highest BCUT2D eigenvalue weighted by molar-refractivity contribution is 4.84. The molecule has 0 aliphatic carbocycles. The fourth-order valence-electron chi connectivity index (χ4n) is 5.62. The van der Waals surface area contributed by atoms with Gasteiger partial charge < -0.3 is 0 Å². The van der Waals surface area contributed by atoms with Crippen LogP contribution in [0.1, 0.15) is 187 Å². The van der Waals surface area contributed by atoms with E-state index in [1.54, 1.807) is 5.82 Å². The summed E-state index contributed by atoms with van der Waals surface area (Å²) in [5.41, 5.74) is 0. The number of nitrogens with zero attached hydrogens (tertiary/aromatic N) is 2. The number of hydrogen-bond donors (Lipinski definition) is 0. The average molecular weight is 504 g/mol. The van der Waals surface area contributed by atoms with Crippen LogP contribution in [0.4, 0.5) is 0 Å². The van der Waals surface area contributed by atoms with Crippen LogP contribution >= 0.6 is 0 Å². The SMILES string of the molecule is CCCCCCCCCCCCCCCCc1n(CCCCCCCCCC)cc[n+]1CCCCC. The Hall–Kier alpha value is -0.790. The van der Waals surface area contributed by atoms with Crippen molar-refractivity contribution in [3.05, 3.63) is 18.2 Å². The molecule has 1 aromatic heterocycles. The van der Waals surface area contributed by atoms with Gasteiger partial charge in [0, 0.05) is 6.42 Å². The molecule has 0 aliphatic rings. The summed E-state index contributed by atoms with van der Waals surface area (Å²) in [5.74, 6) is 1.60. The topological polar surface area (TPSA) is 8.81 Å². The number of aromatic nitrogens is 2. The summed E-state index contributed by atoms with van der Waals surface area (Å²) in [6.07, 6.45) is 41.5. The quantitative estimate of drug-likeness (QED) is 0.0794. The van der Waals surface area contributed by atoms with Crippen LogP contribution in [-0.4, -0.2) is 4.57 Å². The first-order valence-electron chi connectivity index (χ1n) is 16.9. The lowest BCUT2D eigenvalue weighted by molar-refractivity contribution is -0.704. The van der Waals surface area contributed by atoms with E-state index in [1.165, 1.54) is 180 Å². The highest BCUT2D eigenvalue weighted by atomic mass is 15.1. The molecule has 36 heavy (non-hydrogen) atoms. The number of unbranched alkanes of at least 4 members (excludes halogenated alkanes) is 22. The Morgan fingerprint density at radius 1 is 0.472 bits per heavy atom. The first-order valence-corrected chi connectivity index (χ1v) is 16.9. The molecule has 0 aromatic carbocycles. The van der Waals surface area contributed by atoms with Crippen molar-refractivity contribution in [2.75, 3.05) is 0 Å². The fourth-order valence-corrected chi connectivity index (χ4v) is 5.62. The number of imidazole rings is 1. The highest BCUT2D eigenvalue weighted by Crippen LogP contribution is 2.15. The lowest BCUT2D eigenvalue weighted by Gasteiger charge is -2.07. The van der Waals surface area contributed by atoms with Gasteiger partial charge in [-0.2, -0.15) is 0 Å². The Kier molecular flexibility index (Phi) is 23.9. The maximum Gasteiger partial charge on any atom is 0.256 e. The summed E-state index contributed by atoms with van der Waals surface area (Å²) in [7, 11) is 0. The van der Waals surface area contributed by atoms with Crippen LogP contribution < -0.4 is 4.57 Å². The van der Waals surface area contributed by atoms with Gasteiger partial charge in [-0.05, 0) is 32.1 Å². The van der Waals surface area contributed by atoms with E-state index >= 15 is 0 Å². The van der Waals surface area contributed by atoms with Gasteiger partial charge in [0.05, 0.1) is 13.1 Å². The van der Waals surface area contributed by atoms with Gasteiger partial charge >= 0.3 is 0 Å². The Bertz CT molecular complexity index is 562. The molecular weight excluding hydrogens is 436 g/mol. The molecule has 0 amide bonds. The third kappa shape index (κ3) is 18.5. The van der Waals surface area contributed by atoms with Crippen molar-refractivity contribution in [3.63, 3.8) is 0 Å². The fraction of sp³-hybridized carbons (Fsp3) is 0.912. The molecule has 0 aliphatic heterocycles. The first-order chi connectivity index (χ1) is 17.8. The minimum absolute atomic E-state index is 1.21. The van der Waals surface area contributed by atoms with Gasteiger partial charge in [0.15, 0.2) is 0 Å². The van der Waals surface area contributed by atoms with E-state index in [0.29, 0.717) is 0 Å². The van der Waals surface area contributed by atoms with Gasteiger partial charge in [0.1, 0.15) is 12.4 Å². The molecule has 0 radical (unpaired) electrons. The van der Waals surface area contributed by atoms with E-state index in [2.05, 4.69) is 42.3 Å². The molecular formula is C34H67N2+. The number of hydrogen-bond acceptors (Lipinski definition) is 0. The van der Waals surface area contributed by atoms with Crippen LogP contribution in [0.15, 0.2) is 12.4 Å². The zero-order chi connectivity index (χ0) is 25.9. The summed E-state index contributed by atoms with van der Waals surface area (Å²) < 4.78 is 5.19. The zero-order valence-electron chi connectivity index (χ0n) is 25.3. The molecule has 2 nitrogen and oxygen atoms in total. The van der Waals surface area contributed by atoms with Gasteiger partial charge in [0.25, 0.3) is 5.82 Å². The van der Waals surface area contributed by atoms with E-state index in [1.807, 2.05) is 0 Å². The van der Waals surface area contributed by atoms with Gasteiger partial charge in [-0.15, -0.1) is 0 Å². The van der Waals surface area contributed by atoms with Crippen molar-refractivity contribution in [1.29, 1.82) is 0 Å². The second kappa shape index (κ2) is 25.8. The Morgan fingerprint density at radius 3 is 1.33 bits per heavy atom. The minimum Gasteiger partial charge on any atom is -0.234 e. The summed E-state index contributed by atoms with van der Waals surface area (Å²) in [6.45, 7) is 9.37. The van der Waals surface area contributed by atoms with Gasteiger partial charge in [0.2, 0.25) is 0 Å². The van der Waals surface area contributed by atoms with Crippen molar-refractivity contribution in [2.24, 2.45) is 0 Å². The van der Waals surface area contributed by atoms with Crippen LogP contribution in [0.2, 0.25) is 0 Å². The number of rotatable bonds is 28. The Balaban J connectivity index is 2.18. The van der Waals surface area contributed by atoms with Crippen molar-refractivity contribution in [1.82, 2.24) is 4.57 Å². The van der Waals surface area contributed by atoms with Crippen molar-refractivity contribution in [2.45, 2.75) is 201 Å². The van der Waals surface area contributed by atoms with E-state index in [-0.39, 0.29) is 0 Å². The molecule has 0 N–H and O–H groups in total. The van der Waals surface area contributed by atoms with Crippen LogP contribution in [0.3, 0.4) is 0 Å². The van der Waals surface area contributed by atoms with Crippen molar-refractivity contribution < 1.29 is 4.57 Å². The molecule has 0 spiro atoms. The Labute approximate surface area is 228 Å². The normalized spacial score (nSPS) is 11.5. The zero-order valence-corrected chi connectivity index (χ0v) is 25.3. The highest BCUT2D eigenvalue weighted by Gasteiger charge is 2.16. The molecule has 0 saturated carbocycles. The summed E-state index contributed by atoms with van der Waals surface area (Å²) in [5, 5.41) is 0. The summed E-state index contributed by atoms with van der Waals surface area (Å²) >= 11 is 0. The van der Waals surface area contributed by atoms with Crippen LogP contribution in [-0.2, 0) is 19.5 Å². The molecule has 212 valence electrons. The molecule has 0 bridgehead atoms. The lowest BCUT2D eigenvalue weighted by atomic mass is 10.0. The third-order valence-electron chi connectivity index (χ3n) is 8.10. The largest absolute Gasteiger partial charge is 0.256 e. The molecule has 1 rings (SSSR count). The monoisotopic (exact) mass is 504 g/mol. The van der Waals surface area contributed by atoms with E-state index < -0.39 is 0 Å². The molecule has 2 heteroatoms. The van der Waals surface area contributed by atoms with Gasteiger partial charge in [-0.25, -0.2) is 9.13 Å². The number of aryl methyl sites for hydroxylation is 2. The standard InChI is InChI=1S/C34H67N2/c1-4-7-10-12-14-16-17-18-19-20-21-22-24-26-29-34-35(30-27-9-6-3)32-33-36(34)31-28-25-23-15-13-11-8-5-2/h32-33H,4-31H2,1-3H3/q+1. The molecule has 0 saturated heterocycles. The summed E-state index contributed by atoms with van der Waals surface area (Å²) in [4.78, 5) is 0. The molecule has 0 unspecified atom stereocenters. The molecule has 0 fully saturated rings. The minimum atomic E-state index is 1.21. The van der Waals surface area contributed by atoms with E-state index in [9.17, 15) is 0 Å². The maximum atomic E-state index is 2.60. The van der Waals surface area contributed by atoms with E-state index in [4.69, 9.17) is 0 Å². The smallest absolute Gasteiger partial charge is 0.234 e. The summed E-state index contributed by atoms with van der Waals surface area (Å²) in [6, 6.07) is 0. The van der Waals surface area contributed by atoms with Gasteiger partial charge in [-0.3, -0.25) is 0 Å². The van der Waals surface area contributed by atoms with Crippen molar-refractivity contribution >= 4 is 0 Å². The van der Waals surface area contributed by atoms with Crippen LogP contribution in [0.25, 0.3) is 0 Å². The lowest BCUT2D eigenvalue weighted by Crippen LogP contribution is -2.37. The molecule has 1 aromatic rings. The third-order valence-corrected chi connectivity index (χ3v) is 8.10. The predicted molar refractivity (Wildman–Crippen MR) is 161 cm³/mol. The first kappa shape index (κ1) is 33.2. The predicted octanol–water partition coefficient (Wildman–Crippen LogP) is 11.1.